The SMILES string of the molecule is CCCN(C(=O)C(F)(F)C(F)(F)F)C1CCNCC1. The summed E-state index contributed by atoms with van der Waals surface area (Å²) in [5, 5.41) is 2.97. The summed E-state index contributed by atoms with van der Waals surface area (Å²) in [4.78, 5) is 12.2. The third kappa shape index (κ3) is 3.55. The summed E-state index contributed by atoms with van der Waals surface area (Å²) in [6.07, 6.45) is -4.73. The summed E-state index contributed by atoms with van der Waals surface area (Å²) in [6.45, 7) is 2.56. The number of nitrogens with zero attached hydrogens (tertiary/aromatic N) is 1. The molecule has 0 saturated carbocycles. The van der Waals surface area contributed by atoms with E-state index >= 15 is 0 Å². The molecule has 1 aliphatic rings. The average molecular weight is 288 g/mol. The van der Waals surface area contributed by atoms with Crippen LogP contribution >= 0.6 is 0 Å². The number of halogens is 5. The Bertz CT molecular complexity index is 313. The van der Waals surface area contributed by atoms with E-state index in [-0.39, 0.29) is 6.54 Å². The Morgan fingerprint density at radius 2 is 1.74 bits per heavy atom. The maximum atomic E-state index is 13.1. The van der Waals surface area contributed by atoms with Crippen molar-refractivity contribution in [2.45, 2.75) is 44.3 Å². The van der Waals surface area contributed by atoms with Crippen LogP contribution in [0.2, 0.25) is 0 Å². The summed E-state index contributed by atoms with van der Waals surface area (Å²) in [7, 11) is 0. The molecular weight excluding hydrogens is 271 g/mol. The van der Waals surface area contributed by atoms with E-state index in [2.05, 4.69) is 5.32 Å². The quantitative estimate of drug-likeness (QED) is 0.804. The lowest BCUT2D eigenvalue weighted by atomic mass is 10.0. The monoisotopic (exact) mass is 288 g/mol. The lowest BCUT2D eigenvalue weighted by Gasteiger charge is -2.36. The molecule has 1 heterocycles. The van der Waals surface area contributed by atoms with Crippen LogP contribution in [-0.2, 0) is 4.79 Å². The Kier molecular flexibility index (Phi) is 5.11. The van der Waals surface area contributed by atoms with Gasteiger partial charge in [0.1, 0.15) is 0 Å². The highest BCUT2D eigenvalue weighted by molar-refractivity contribution is 5.84. The first-order valence-corrected chi connectivity index (χ1v) is 6.18. The van der Waals surface area contributed by atoms with Gasteiger partial charge in [-0.15, -0.1) is 0 Å². The van der Waals surface area contributed by atoms with Gasteiger partial charge in [-0.25, -0.2) is 0 Å². The summed E-state index contributed by atoms with van der Waals surface area (Å²) in [5.41, 5.74) is 0. The number of rotatable bonds is 4. The molecule has 1 rings (SSSR count). The first-order valence-electron chi connectivity index (χ1n) is 6.18. The number of piperidine rings is 1. The van der Waals surface area contributed by atoms with Crippen LogP contribution in [0.1, 0.15) is 26.2 Å². The molecule has 19 heavy (non-hydrogen) atoms. The molecule has 0 spiro atoms. The Hall–Kier alpha value is -0.920. The van der Waals surface area contributed by atoms with Crippen LogP contribution in [0.4, 0.5) is 22.0 Å². The van der Waals surface area contributed by atoms with Crippen molar-refractivity contribution < 1.29 is 26.7 Å². The number of alkyl halides is 5. The van der Waals surface area contributed by atoms with Gasteiger partial charge in [0, 0.05) is 12.6 Å². The van der Waals surface area contributed by atoms with E-state index in [1.54, 1.807) is 6.92 Å². The zero-order chi connectivity index (χ0) is 14.7. The van der Waals surface area contributed by atoms with Gasteiger partial charge in [0.2, 0.25) is 0 Å². The van der Waals surface area contributed by atoms with Gasteiger partial charge in [0.05, 0.1) is 0 Å². The van der Waals surface area contributed by atoms with Gasteiger partial charge in [-0.1, -0.05) is 6.92 Å². The van der Waals surface area contributed by atoms with Gasteiger partial charge in [0.15, 0.2) is 0 Å². The molecule has 0 aliphatic carbocycles. The zero-order valence-electron chi connectivity index (χ0n) is 10.6. The molecule has 0 radical (unpaired) electrons. The van der Waals surface area contributed by atoms with Crippen molar-refractivity contribution in [1.29, 1.82) is 0 Å². The van der Waals surface area contributed by atoms with Crippen molar-refractivity contribution in [3.8, 4) is 0 Å². The molecule has 112 valence electrons. The minimum absolute atomic E-state index is 0.0881. The third-order valence-electron chi connectivity index (χ3n) is 3.10. The van der Waals surface area contributed by atoms with Gasteiger partial charge < -0.3 is 10.2 Å². The van der Waals surface area contributed by atoms with E-state index in [1.807, 2.05) is 0 Å². The molecule has 1 saturated heterocycles. The van der Waals surface area contributed by atoms with Crippen LogP contribution in [-0.4, -0.2) is 48.6 Å². The summed E-state index contributed by atoms with van der Waals surface area (Å²) < 4.78 is 63.0. The zero-order valence-corrected chi connectivity index (χ0v) is 10.6. The third-order valence-corrected chi connectivity index (χ3v) is 3.10. The number of carbonyl (C=O) groups is 1. The summed E-state index contributed by atoms with van der Waals surface area (Å²) >= 11 is 0. The van der Waals surface area contributed by atoms with Gasteiger partial charge in [-0.3, -0.25) is 4.79 Å². The van der Waals surface area contributed by atoms with E-state index in [9.17, 15) is 26.7 Å². The highest BCUT2D eigenvalue weighted by Crippen LogP contribution is 2.37. The van der Waals surface area contributed by atoms with Crippen molar-refractivity contribution in [2.75, 3.05) is 19.6 Å². The van der Waals surface area contributed by atoms with Crippen LogP contribution in [0.15, 0.2) is 0 Å². The maximum absolute atomic E-state index is 13.1. The summed E-state index contributed by atoms with van der Waals surface area (Å²) in [5.74, 6) is -7.44. The molecular formula is C11H17F5N2O. The van der Waals surface area contributed by atoms with E-state index in [1.165, 1.54) is 0 Å². The number of carbonyl (C=O) groups excluding carboxylic acids is 1. The van der Waals surface area contributed by atoms with E-state index in [0.717, 1.165) is 0 Å². The molecule has 0 aromatic carbocycles. The molecule has 0 unspecified atom stereocenters. The number of hydrogen-bond acceptors (Lipinski definition) is 2. The second kappa shape index (κ2) is 6.02. The van der Waals surface area contributed by atoms with Crippen molar-refractivity contribution >= 4 is 5.91 Å². The standard InChI is InChI=1S/C11H17F5N2O/c1-2-7-18(8-3-5-17-6-4-8)9(19)10(12,13)11(14,15)16/h8,17H,2-7H2,1H3. The second-order valence-electron chi connectivity index (χ2n) is 4.55. The fraction of sp³-hybridized carbons (Fsp3) is 0.909. The van der Waals surface area contributed by atoms with Gasteiger partial charge in [-0.2, -0.15) is 22.0 Å². The molecule has 0 aromatic heterocycles. The number of hydrogen-bond donors (Lipinski definition) is 1. The minimum atomic E-state index is -5.84. The predicted octanol–water partition coefficient (Wildman–Crippen LogP) is 2.17. The fourth-order valence-corrected chi connectivity index (χ4v) is 2.11. The molecule has 8 heteroatoms. The Labute approximate surface area is 108 Å². The van der Waals surface area contributed by atoms with Gasteiger partial charge in [-0.05, 0) is 32.4 Å². The smallest absolute Gasteiger partial charge is 0.334 e. The van der Waals surface area contributed by atoms with Crippen LogP contribution in [0.3, 0.4) is 0 Å². The molecule has 1 aliphatic heterocycles. The van der Waals surface area contributed by atoms with Gasteiger partial charge in [0.25, 0.3) is 0 Å². The van der Waals surface area contributed by atoms with Crippen LogP contribution in [0.5, 0.6) is 0 Å². The minimum Gasteiger partial charge on any atom is -0.334 e. The van der Waals surface area contributed by atoms with E-state index < -0.39 is 24.0 Å². The van der Waals surface area contributed by atoms with Crippen molar-refractivity contribution in [3.05, 3.63) is 0 Å². The first kappa shape index (κ1) is 16.1. The van der Waals surface area contributed by atoms with Crippen LogP contribution < -0.4 is 5.32 Å². The van der Waals surface area contributed by atoms with Crippen LogP contribution in [0, 0.1) is 0 Å². The van der Waals surface area contributed by atoms with Gasteiger partial charge >= 0.3 is 18.0 Å². The Balaban J connectivity index is 2.88. The lowest BCUT2D eigenvalue weighted by molar-refractivity contribution is -0.275. The van der Waals surface area contributed by atoms with Crippen LogP contribution in [0.25, 0.3) is 0 Å². The fourth-order valence-electron chi connectivity index (χ4n) is 2.11. The largest absolute Gasteiger partial charge is 0.463 e. The second-order valence-corrected chi connectivity index (χ2v) is 4.55. The highest BCUT2D eigenvalue weighted by Gasteiger charge is 2.65. The first-order chi connectivity index (χ1) is 8.71. The molecule has 1 amide bonds. The predicted molar refractivity (Wildman–Crippen MR) is 58.9 cm³/mol. The summed E-state index contributed by atoms with van der Waals surface area (Å²) in [6, 6.07) is -0.554. The average Bonchev–Trinajstić information content (AvgIpc) is 2.34. The van der Waals surface area contributed by atoms with Crippen molar-refractivity contribution in [3.63, 3.8) is 0 Å². The van der Waals surface area contributed by atoms with Crippen molar-refractivity contribution in [1.82, 2.24) is 10.2 Å². The maximum Gasteiger partial charge on any atom is 0.463 e. The van der Waals surface area contributed by atoms with E-state index in [0.29, 0.717) is 37.3 Å². The van der Waals surface area contributed by atoms with E-state index in [4.69, 9.17) is 0 Å². The lowest BCUT2D eigenvalue weighted by Crippen LogP contribution is -2.56. The molecule has 0 bridgehead atoms. The number of nitrogens with one attached hydrogen (secondary N) is 1. The molecule has 3 nitrogen and oxygen atoms in total. The van der Waals surface area contributed by atoms with Crippen molar-refractivity contribution in [2.24, 2.45) is 0 Å². The molecule has 1 fully saturated rings. The Morgan fingerprint density at radius 1 is 1.21 bits per heavy atom. The number of amides is 1. The highest BCUT2D eigenvalue weighted by atomic mass is 19.4. The molecule has 0 atom stereocenters. The molecule has 0 aromatic rings. The molecule has 1 N–H and O–H groups in total. The Morgan fingerprint density at radius 3 is 2.16 bits per heavy atom. The topological polar surface area (TPSA) is 32.3 Å². The normalized spacial score (nSPS) is 18.4.